The average molecular weight is 383 g/mol. The zero-order valence-electron chi connectivity index (χ0n) is 14.1. The summed E-state index contributed by atoms with van der Waals surface area (Å²) in [5.41, 5.74) is -0.645. The standard InChI is InChI=1S/C17H13N5O4S/c1-17(9-14(23)19-13-4-2-3-7-21(13)17)15(24)20-16-18-11-6-5-10(22(25)26)8-12(11)27-16/h2-8H,9H2,1H3,(H,18,20,24). The molecule has 1 N–H and O–H groups in total. The number of hydrogen-bond donors (Lipinski definition) is 1. The number of hydrogen-bond acceptors (Lipinski definition) is 7. The monoisotopic (exact) mass is 383 g/mol. The molecule has 0 bridgehead atoms. The van der Waals surface area contributed by atoms with E-state index < -0.39 is 16.4 Å². The number of nitro groups is 1. The molecule has 0 saturated carbocycles. The summed E-state index contributed by atoms with van der Waals surface area (Å²) in [4.78, 5) is 45.3. The number of anilines is 1. The Kier molecular flexibility index (Phi) is 3.84. The lowest BCUT2D eigenvalue weighted by Gasteiger charge is -2.41. The van der Waals surface area contributed by atoms with Gasteiger partial charge >= 0.3 is 0 Å². The summed E-state index contributed by atoms with van der Waals surface area (Å²) in [7, 11) is 0. The Bertz CT molecular complexity index is 1090. The second kappa shape index (κ2) is 6.09. The first-order valence-electron chi connectivity index (χ1n) is 7.99. The van der Waals surface area contributed by atoms with Gasteiger partial charge in [-0.3, -0.25) is 25.0 Å². The molecule has 0 spiro atoms. The largest absolute Gasteiger partial charge is 0.317 e. The van der Waals surface area contributed by atoms with Crippen LogP contribution in [-0.4, -0.2) is 38.0 Å². The summed E-state index contributed by atoms with van der Waals surface area (Å²) in [5.74, 6) is -0.373. The highest BCUT2D eigenvalue weighted by atomic mass is 32.1. The number of benzene rings is 1. The molecular formula is C17H13N5O4S. The lowest BCUT2D eigenvalue weighted by molar-refractivity contribution is -0.384. The molecule has 1 atom stereocenters. The van der Waals surface area contributed by atoms with Crippen LogP contribution < -0.4 is 5.32 Å². The number of non-ortho nitro benzene ring substituents is 1. The van der Waals surface area contributed by atoms with Crippen LogP contribution in [0.15, 0.2) is 47.6 Å². The van der Waals surface area contributed by atoms with Crippen molar-refractivity contribution in [2.45, 2.75) is 18.9 Å². The minimum Gasteiger partial charge on any atom is -0.317 e. The summed E-state index contributed by atoms with van der Waals surface area (Å²) < 4.78 is 0.590. The zero-order valence-corrected chi connectivity index (χ0v) is 14.9. The first-order valence-corrected chi connectivity index (χ1v) is 8.81. The number of aliphatic imine (C=N–C) groups is 1. The van der Waals surface area contributed by atoms with Crippen molar-refractivity contribution < 1.29 is 14.5 Å². The predicted molar refractivity (Wildman–Crippen MR) is 100 cm³/mol. The molecule has 1 unspecified atom stereocenters. The average Bonchev–Trinajstić information content (AvgIpc) is 3.02. The Morgan fingerprint density at radius 3 is 3.00 bits per heavy atom. The van der Waals surface area contributed by atoms with Crippen molar-refractivity contribution in [3.63, 3.8) is 0 Å². The Balaban J connectivity index is 1.63. The molecule has 0 saturated heterocycles. The normalized spacial score (nSPS) is 21.1. The van der Waals surface area contributed by atoms with Crippen LogP contribution >= 0.6 is 11.3 Å². The van der Waals surface area contributed by atoms with Crippen molar-refractivity contribution in [1.29, 1.82) is 0 Å². The van der Waals surface area contributed by atoms with E-state index in [1.165, 1.54) is 18.2 Å². The van der Waals surface area contributed by atoms with Gasteiger partial charge in [0, 0.05) is 18.3 Å². The number of aromatic nitrogens is 1. The molecule has 9 nitrogen and oxygen atoms in total. The number of carbonyl (C=O) groups is 2. The van der Waals surface area contributed by atoms with E-state index in [-0.39, 0.29) is 18.0 Å². The van der Waals surface area contributed by atoms with E-state index >= 15 is 0 Å². The molecule has 0 aliphatic carbocycles. The molecule has 10 heteroatoms. The van der Waals surface area contributed by atoms with E-state index in [0.29, 0.717) is 21.2 Å². The molecule has 2 aromatic rings. The fraction of sp³-hybridized carbons (Fsp3) is 0.176. The van der Waals surface area contributed by atoms with Crippen molar-refractivity contribution in [2.24, 2.45) is 4.99 Å². The maximum atomic E-state index is 13.0. The van der Waals surface area contributed by atoms with Crippen LogP contribution in [0, 0.1) is 10.1 Å². The van der Waals surface area contributed by atoms with Crippen molar-refractivity contribution in [3.05, 3.63) is 52.7 Å². The molecule has 0 radical (unpaired) electrons. The number of allylic oxidation sites excluding steroid dienone is 2. The van der Waals surface area contributed by atoms with Crippen LogP contribution in [0.5, 0.6) is 0 Å². The number of nitrogens with one attached hydrogen (secondary N) is 1. The van der Waals surface area contributed by atoms with Gasteiger partial charge in [-0.1, -0.05) is 17.4 Å². The van der Waals surface area contributed by atoms with Crippen LogP contribution in [-0.2, 0) is 9.59 Å². The van der Waals surface area contributed by atoms with Crippen molar-refractivity contribution in [3.8, 4) is 0 Å². The number of amides is 2. The third kappa shape index (κ3) is 2.89. The highest BCUT2D eigenvalue weighted by molar-refractivity contribution is 7.22. The van der Waals surface area contributed by atoms with Gasteiger partial charge in [0.15, 0.2) is 5.13 Å². The fourth-order valence-electron chi connectivity index (χ4n) is 2.99. The van der Waals surface area contributed by atoms with Crippen molar-refractivity contribution in [1.82, 2.24) is 9.88 Å². The Morgan fingerprint density at radius 1 is 1.41 bits per heavy atom. The maximum absolute atomic E-state index is 13.0. The van der Waals surface area contributed by atoms with E-state index in [2.05, 4.69) is 15.3 Å². The van der Waals surface area contributed by atoms with Crippen LogP contribution in [0.25, 0.3) is 10.2 Å². The third-order valence-corrected chi connectivity index (χ3v) is 5.33. The van der Waals surface area contributed by atoms with Gasteiger partial charge in [-0.2, -0.15) is 4.99 Å². The van der Waals surface area contributed by atoms with Crippen molar-refractivity contribution >= 4 is 50.0 Å². The minimum absolute atomic E-state index is 0.0417. The van der Waals surface area contributed by atoms with Crippen LogP contribution in [0.2, 0.25) is 0 Å². The Morgan fingerprint density at radius 2 is 2.22 bits per heavy atom. The number of carbonyl (C=O) groups excluding carboxylic acids is 2. The second-order valence-corrected chi connectivity index (χ2v) is 7.30. The number of amidine groups is 1. The summed E-state index contributed by atoms with van der Waals surface area (Å²) in [6.45, 7) is 1.66. The van der Waals surface area contributed by atoms with Gasteiger partial charge in [0.2, 0.25) is 0 Å². The Labute approximate surface area is 156 Å². The fourth-order valence-corrected chi connectivity index (χ4v) is 3.89. The van der Waals surface area contributed by atoms with E-state index in [1.807, 2.05) is 0 Å². The van der Waals surface area contributed by atoms with Crippen LogP contribution in [0.3, 0.4) is 0 Å². The number of rotatable bonds is 3. The van der Waals surface area contributed by atoms with Crippen LogP contribution in [0.4, 0.5) is 10.8 Å². The number of thiazole rings is 1. The summed E-state index contributed by atoms with van der Waals surface area (Å²) >= 11 is 1.14. The highest BCUT2D eigenvalue weighted by Crippen LogP contribution is 2.32. The Hall–Kier alpha value is -3.40. The molecule has 27 heavy (non-hydrogen) atoms. The molecule has 2 amide bonds. The third-order valence-electron chi connectivity index (χ3n) is 4.40. The van der Waals surface area contributed by atoms with Gasteiger partial charge < -0.3 is 4.90 Å². The van der Waals surface area contributed by atoms with Gasteiger partial charge in [0.1, 0.15) is 11.4 Å². The molecule has 2 aliphatic heterocycles. The number of nitro benzene ring substituents is 1. The molecule has 1 aromatic heterocycles. The molecule has 4 rings (SSSR count). The zero-order chi connectivity index (χ0) is 19.2. The van der Waals surface area contributed by atoms with Gasteiger partial charge in [-0.15, -0.1) is 0 Å². The van der Waals surface area contributed by atoms with Gasteiger partial charge in [0.05, 0.1) is 21.6 Å². The summed E-state index contributed by atoms with van der Waals surface area (Å²) in [6, 6.07) is 4.31. The lowest BCUT2D eigenvalue weighted by Crippen LogP contribution is -2.58. The van der Waals surface area contributed by atoms with Gasteiger partial charge in [0.25, 0.3) is 17.5 Å². The second-order valence-electron chi connectivity index (χ2n) is 6.27. The smallest absolute Gasteiger partial charge is 0.270 e. The lowest BCUT2D eigenvalue weighted by atomic mass is 9.91. The summed E-state index contributed by atoms with van der Waals surface area (Å²) in [5, 5.41) is 13.9. The number of nitrogens with zero attached hydrogens (tertiary/aromatic N) is 4. The molecule has 136 valence electrons. The molecule has 1 aromatic carbocycles. The molecule has 3 heterocycles. The highest BCUT2D eigenvalue weighted by Gasteiger charge is 2.45. The maximum Gasteiger partial charge on any atom is 0.270 e. The predicted octanol–water partition coefficient (Wildman–Crippen LogP) is 2.62. The van der Waals surface area contributed by atoms with Gasteiger partial charge in [-0.05, 0) is 25.1 Å². The molecular weight excluding hydrogens is 370 g/mol. The SMILES string of the molecule is CC1(C(=O)Nc2nc3ccc([N+](=O)[O-])cc3s2)CC(=O)N=C2C=CC=CN21. The van der Waals surface area contributed by atoms with E-state index in [1.54, 1.807) is 36.3 Å². The minimum atomic E-state index is -1.15. The van der Waals surface area contributed by atoms with Crippen molar-refractivity contribution in [2.75, 3.05) is 5.32 Å². The van der Waals surface area contributed by atoms with E-state index in [4.69, 9.17) is 0 Å². The summed E-state index contributed by atoms with van der Waals surface area (Å²) in [6.07, 6.45) is 6.80. The number of fused-ring (bicyclic) bond motifs is 2. The molecule has 0 fully saturated rings. The first kappa shape index (κ1) is 17.0. The topological polar surface area (TPSA) is 118 Å². The van der Waals surface area contributed by atoms with Crippen LogP contribution in [0.1, 0.15) is 13.3 Å². The van der Waals surface area contributed by atoms with Gasteiger partial charge in [-0.25, -0.2) is 4.98 Å². The quantitative estimate of drug-likeness (QED) is 0.643. The van der Waals surface area contributed by atoms with E-state index in [0.717, 1.165) is 11.3 Å². The molecule has 2 aliphatic rings. The van der Waals surface area contributed by atoms with E-state index in [9.17, 15) is 19.7 Å². The first-order chi connectivity index (χ1) is 12.9.